The molecule has 254 valence electrons. The van der Waals surface area contributed by atoms with Crippen molar-refractivity contribution in [1.29, 1.82) is 0 Å². The minimum atomic E-state index is -0.195. The molecule has 0 bridgehead atoms. The summed E-state index contributed by atoms with van der Waals surface area (Å²) in [6, 6.07) is 24.2. The molecular weight excluding hydrogens is 635 g/mol. The summed E-state index contributed by atoms with van der Waals surface area (Å²) in [7, 11) is 0. The Kier molecular flexibility index (Phi) is 6.12. The van der Waals surface area contributed by atoms with Crippen molar-refractivity contribution in [3.05, 3.63) is 100 Å². The van der Waals surface area contributed by atoms with Gasteiger partial charge in [-0.15, -0.1) is 0 Å². The predicted octanol–water partition coefficient (Wildman–Crippen LogP) is 8.81. The molecule has 0 radical (unpaired) electrons. The molecule has 0 N–H and O–H groups in total. The molecule has 7 nitrogen and oxygen atoms in total. The standard InChI is InChI=1S/C43H39BN2O5/c1-22-13-31-37-32(14-22)46(39-25(4)17-36-41(26(39)5)50-21-49-36)40-28-11-9-10-12-33(28)51-42(40)44(37)29-18-34-35(48-20-47-34)19-30(29)45(31)38-23(2)15-27(16-24(38)3)43(6,7)8/h9-19H,20-21H2,1-8H3. The second-order valence-corrected chi connectivity index (χ2v) is 15.5. The van der Waals surface area contributed by atoms with Crippen LogP contribution < -0.4 is 45.3 Å². The first-order chi connectivity index (χ1) is 24.5. The molecule has 10 rings (SSSR count). The van der Waals surface area contributed by atoms with Gasteiger partial charge < -0.3 is 33.2 Å². The lowest BCUT2D eigenvalue weighted by atomic mass is 9.35. The van der Waals surface area contributed by atoms with Gasteiger partial charge in [0.1, 0.15) is 5.58 Å². The van der Waals surface area contributed by atoms with Crippen LogP contribution in [0.4, 0.5) is 34.1 Å². The third-order valence-corrected chi connectivity index (χ3v) is 11.1. The van der Waals surface area contributed by atoms with Crippen LogP contribution in [0.1, 0.15) is 54.2 Å². The molecule has 8 heteroatoms. The Morgan fingerprint density at radius 1 is 0.627 bits per heavy atom. The minimum Gasteiger partial charge on any atom is -0.468 e. The summed E-state index contributed by atoms with van der Waals surface area (Å²) in [5, 5.41) is 1.06. The van der Waals surface area contributed by atoms with E-state index in [-0.39, 0.29) is 25.7 Å². The molecule has 5 aromatic carbocycles. The van der Waals surface area contributed by atoms with E-state index in [1.165, 1.54) is 27.8 Å². The van der Waals surface area contributed by atoms with Gasteiger partial charge in [-0.25, -0.2) is 0 Å². The number of hydrogen-bond acceptors (Lipinski definition) is 7. The summed E-state index contributed by atoms with van der Waals surface area (Å²) in [5.74, 6) is 3.09. The van der Waals surface area contributed by atoms with Gasteiger partial charge in [0.15, 0.2) is 23.0 Å². The first kappa shape index (κ1) is 30.3. The molecule has 5 heterocycles. The van der Waals surface area contributed by atoms with Crippen molar-refractivity contribution >= 4 is 68.4 Å². The number of anilines is 6. The van der Waals surface area contributed by atoms with Crippen molar-refractivity contribution in [3.63, 3.8) is 0 Å². The van der Waals surface area contributed by atoms with E-state index in [4.69, 9.17) is 23.4 Å². The Bertz CT molecular complexity index is 2490. The van der Waals surface area contributed by atoms with E-state index in [9.17, 15) is 0 Å². The van der Waals surface area contributed by atoms with Gasteiger partial charge in [0.05, 0.1) is 22.7 Å². The lowest BCUT2D eigenvalue weighted by molar-refractivity contribution is 0.173. The van der Waals surface area contributed by atoms with Crippen LogP contribution in [0.5, 0.6) is 23.0 Å². The third kappa shape index (κ3) is 4.13. The summed E-state index contributed by atoms with van der Waals surface area (Å²) in [5.41, 5.74) is 17.7. The largest absolute Gasteiger partial charge is 0.468 e. The number of nitrogens with zero attached hydrogens (tertiary/aromatic N) is 2. The molecule has 0 saturated heterocycles. The van der Waals surface area contributed by atoms with E-state index in [2.05, 4.69) is 126 Å². The summed E-state index contributed by atoms with van der Waals surface area (Å²) in [4.78, 5) is 4.89. The van der Waals surface area contributed by atoms with Gasteiger partial charge in [0.25, 0.3) is 6.71 Å². The number of rotatable bonds is 2. The van der Waals surface area contributed by atoms with Gasteiger partial charge in [0, 0.05) is 34.1 Å². The van der Waals surface area contributed by atoms with Crippen molar-refractivity contribution in [2.45, 2.75) is 60.8 Å². The first-order valence-electron chi connectivity index (χ1n) is 17.7. The second kappa shape index (κ2) is 10.3. The molecule has 0 amide bonds. The molecule has 0 atom stereocenters. The average Bonchev–Trinajstić information content (AvgIpc) is 3.83. The van der Waals surface area contributed by atoms with Gasteiger partial charge in [-0.1, -0.05) is 45.0 Å². The second-order valence-electron chi connectivity index (χ2n) is 15.5. The van der Waals surface area contributed by atoms with Crippen molar-refractivity contribution < 1.29 is 23.4 Å². The number of ether oxygens (including phenoxy) is 4. The van der Waals surface area contributed by atoms with E-state index in [0.29, 0.717) is 0 Å². The maximum atomic E-state index is 7.02. The van der Waals surface area contributed by atoms with E-state index in [1.807, 2.05) is 6.07 Å². The van der Waals surface area contributed by atoms with Crippen molar-refractivity contribution in [1.82, 2.24) is 0 Å². The predicted molar refractivity (Wildman–Crippen MR) is 205 cm³/mol. The molecular formula is C43H39BN2O5. The number of furan rings is 1. The highest BCUT2D eigenvalue weighted by atomic mass is 16.7. The normalized spacial score (nSPS) is 15.0. The zero-order valence-corrected chi connectivity index (χ0v) is 30.3. The maximum Gasteiger partial charge on any atom is 0.297 e. The molecule has 0 unspecified atom stereocenters. The average molecular weight is 675 g/mol. The summed E-state index contributed by atoms with van der Waals surface area (Å²) in [6.45, 7) is 18.0. The molecule has 4 aliphatic heterocycles. The lowest BCUT2D eigenvalue weighted by Crippen LogP contribution is -2.61. The van der Waals surface area contributed by atoms with Gasteiger partial charge in [-0.2, -0.15) is 0 Å². The van der Waals surface area contributed by atoms with Crippen LogP contribution in [0.15, 0.2) is 71.1 Å². The van der Waals surface area contributed by atoms with E-state index < -0.39 is 0 Å². The zero-order chi connectivity index (χ0) is 35.1. The fourth-order valence-electron chi connectivity index (χ4n) is 8.87. The smallest absolute Gasteiger partial charge is 0.297 e. The van der Waals surface area contributed by atoms with E-state index in [0.717, 1.165) is 90.2 Å². The zero-order valence-electron chi connectivity index (χ0n) is 30.3. The summed E-state index contributed by atoms with van der Waals surface area (Å²) >= 11 is 0. The molecule has 0 spiro atoms. The van der Waals surface area contributed by atoms with Crippen LogP contribution in [0.2, 0.25) is 0 Å². The van der Waals surface area contributed by atoms with Gasteiger partial charge >= 0.3 is 0 Å². The maximum absolute atomic E-state index is 7.02. The van der Waals surface area contributed by atoms with Gasteiger partial charge in [0.2, 0.25) is 13.6 Å². The number of para-hydroxylation sites is 1. The monoisotopic (exact) mass is 674 g/mol. The van der Waals surface area contributed by atoms with E-state index in [1.54, 1.807) is 0 Å². The van der Waals surface area contributed by atoms with Crippen molar-refractivity contribution in [3.8, 4) is 23.0 Å². The van der Waals surface area contributed by atoms with E-state index >= 15 is 0 Å². The molecule has 0 saturated carbocycles. The lowest BCUT2D eigenvalue weighted by Gasteiger charge is -2.44. The van der Waals surface area contributed by atoms with Crippen molar-refractivity contribution in [2.24, 2.45) is 0 Å². The van der Waals surface area contributed by atoms with Crippen LogP contribution in [-0.4, -0.2) is 20.3 Å². The Labute approximate surface area is 298 Å². The molecule has 6 aromatic rings. The topological polar surface area (TPSA) is 56.5 Å². The van der Waals surface area contributed by atoms with Crippen LogP contribution in [0.3, 0.4) is 0 Å². The van der Waals surface area contributed by atoms with Crippen molar-refractivity contribution in [2.75, 3.05) is 23.4 Å². The number of aryl methyl sites for hydroxylation is 4. The van der Waals surface area contributed by atoms with Crippen LogP contribution in [0, 0.1) is 34.6 Å². The van der Waals surface area contributed by atoms with Crippen LogP contribution in [-0.2, 0) is 5.41 Å². The Hall–Kier alpha value is -5.50. The Balaban J connectivity index is 1.34. The van der Waals surface area contributed by atoms with Gasteiger partial charge in [-0.3, -0.25) is 0 Å². The highest BCUT2D eigenvalue weighted by Gasteiger charge is 2.48. The molecule has 1 aromatic heterocycles. The van der Waals surface area contributed by atoms with Crippen LogP contribution >= 0.6 is 0 Å². The number of hydrogen-bond donors (Lipinski definition) is 0. The van der Waals surface area contributed by atoms with Gasteiger partial charge in [-0.05, 0) is 115 Å². The summed E-state index contributed by atoms with van der Waals surface area (Å²) < 4.78 is 31.1. The highest BCUT2D eigenvalue weighted by Crippen LogP contribution is 2.53. The molecule has 51 heavy (non-hydrogen) atoms. The highest BCUT2D eigenvalue weighted by molar-refractivity contribution is 7.00. The van der Waals surface area contributed by atoms with Crippen LogP contribution in [0.25, 0.3) is 11.0 Å². The fraction of sp³-hybridized carbons (Fsp3) is 0.256. The quantitative estimate of drug-likeness (QED) is 0.170. The minimum absolute atomic E-state index is 0.0198. The number of fused-ring (bicyclic) bond motifs is 8. The first-order valence-corrected chi connectivity index (χ1v) is 17.7. The Morgan fingerprint density at radius 2 is 1.27 bits per heavy atom. The Morgan fingerprint density at radius 3 is 2.02 bits per heavy atom. The molecule has 0 aliphatic carbocycles. The summed E-state index contributed by atoms with van der Waals surface area (Å²) in [6.07, 6.45) is 0. The number of benzene rings is 5. The SMILES string of the molecule is Cc1cc2c3c(c1)N(c1c(C)cc4c(c1C)OCO4)c1c(oc4ccccc14)B3c1cc3c(cc1N2c1c(C)cc(C(C)(C)C)cc1C)OCO3. The fourth-order valence-corrected chi connectivity index (χ4v) is 8.87. The molecule has 4 aliphatic rings. The molecule has 0 fully saturated rings. The third-order valence-electron chi connectivity index (χ3n) is 11.1.